The van der Waals surface area contributed by atoms with Gasteiger partial charge >= 0.3 is 0 Å². The van der Waals surface area contributed by atoms with E-state index < -0.39 is 0 Å². The van der Waals surface area contributed by atoms with Gasteiger partial charge < -0.3 is 14.5 Å². The van der Waals surface area contributed by atoms with Crippen molar-refractivity contribution >= 4 is 11.6 Å². The van der Waals surface area contributed by atoms with Crippen LogP contribution in [0, 0.1) is 0 Å². The highest BCUT2D eigenvalue weighted by Gasteiger charge is 2.33. The predicted molar refractivity (Wildman–Crippen MR) is 115 cm³/mol. The van der Waals surface area contributed by atoms with Crippen molar-refractivity contribution in [3.8, 4) is 5.75 Å². The molecular weight excluding hydrogens is 362 g/mol. The Bertz CT molecular complexity index is 878. The zero-order valence-electron chi connectivity index (χ0n) is 16.9. The van der Waals surface area contributed by atoms with Crippen LogP contribution in [0.5, 0.6) is 5.75 Å². The van der Waals surface area contributed by atoms with Crippen molar-refractivity contribution < 1.29 is 9.53 Å². The third-order valence-electron chi connectivity index (χ3n) is 6.46. The molecule has 0 aromatic heterocycles. The van der Waals surface area contributed by atoms with Crippen LogP contribution in [0.4, 0.5) is 5.69 Å². The number of nitrogens with zero attached hydrogens (tertiary/aromatic N) is 3. The summed E-state index contributed by atoms with van der Waals surface area (Å²) in [5, 5.41) is 0. The van der Waals surface area contributed by atoms with Gasteiger partial charge in [-0.25, -0.2) is 0 Å². The maximum Gasteiger partial charge on any atom is 0.254 e. The number of fused-ring (bicyclic) bond motifs is 3. The number of likely N-dealkylation sites (tertiary alicyclic amines) is 1. The first-order chi connectivity index (χ1) is 14.3. The second-order valence-corrected chi connectivity index (χ2v) is 8.37. The highest BCUT2D eigenvalue weighted by molar-refractivity contribution is 5.95. The summed E-state index contributed by atoms with van der Waals surface area (Å²) in [4.78, 5) is 20.1. The third kappa shape index (κ3) is 3.71. The lowest BCUT2D eigenvalue weighted by molar-refractivity contribution is 0.0721. The first-order valence-corrected chi connectivity index (χ1v) is 10.9. The van der Waals surface area contributed by atoms with Crippen LogP contribution in [-0.4, -0.2) is 61.1 Å². The molecule has 0 aliphatic carbocycles. The smallest absolute Gasteiger partial charge is 0.254 e. The Morgan fingerprint density at radius 2 is 1.72 bits per heavy atom. The van der Waals surface area contributed by atoms with Gasteiger partial charge in [-0.2, -0.15) is 0 Å². The van der Waals surface area contributed by atoms with E-state index in [1.807, 2.05) is 23.1 Å². The van der Waals surface area contributed by atoms with Crippen LogP contribution in [0.15, 0.2) is 48.5 Å². The van der Waals surface area contributed by atoms with Gasteiger partial charge in [0, 0.05) is 44.8 Å². The van der Waals surface area contributed by atoms with Crippen LogP contribution in [0.3, 0.4) is 0 Å². The van der Waals surface area contributed by atoms with Gasteiger partial charge in [0.15, 0.2) is 0 Å². The van der Waals surface area contributed by atoms with Crippen LogP contribution in [0.25, 0.3) is 0 Å². The monoisotopic (exact) mass is 391 g/mol. The number of piperazine rings is 1. The minimum absolute atomic E-state index is 0.203. The van der Waals surface area contributed by atoms with E-state index in [9.17, 15) is 4.79 Å². The second kappa shape index (κ2) is 8.07. The molecule has 29 heavy (non-hydrogen) atoms. The SMILES string of the molecule is O=C(c1ccccc1CN1CCN2c3ccccc3OCC2C1)N1CCCCC1. The van der Waals surface area contributed by atoms with Gasteiger partial charge in [-0.3, -0.25) is 9.69 Å². The molecule has 2 fully saturated rings. The van der Waals surface area contributed by atoms with Crippen LogP contribution in [0.1, 0.15) is 35.2 Å². The molecule has 5 nitrogen and oxygen atoms in total. The number of amides is 1. The first-order valence-electron chi connectivity index (χ1n) is 10.9. The number of anilines is 1. The fourth-order valence-corrected chi connectivity index (χ4v) is 4.90. The average Bonchev–Trinajstić information content (AvgIpc) is 2.79. The summed E-state index contributed by atoms with van der Waals surface area (Å²) in [6.07, 6.45) is 3.49. The summed E-state index contributed by atoms with van der Waals surface area (Å²) in [5.74, 6) is 1.20. The summed E-state index contributed by atoms with van der Waals surface area (Å²) >= 11 is 0. The molecule has 1 atom stereocenters. The molecule has 2 saturated heterocycles. The number of hydrogen-bond acceptors (Lipinski definition) is 4. The van der Waals surface area contributed by atoms with E-state index in [1.165, 1.54) is 12.1 Å². The Morgan fingerprint density at radius 1 is 0.931 bits per heavy atom. The predicted octanol–water partition coefficient (Wildman–Crippen LogP) is 3.40. The normalized spacial score (nSPS) is 21.9. The Balaban J connectivity index is 1.29. The van der Waals surface area contributed by atoms with Crippen LogP contribution >= 0.6 is 0 Å². The summed E-state index contributed by atoms with van der Waals surface area (Å²) in [6, 6.07) is 16.9. The molecule has 5 heteroatoms. The molecule has 2 aromatic carbocycles. The van der Waals surface area contributed by atoms with Crippen molar-refractivity contribution in [2.24, 2.45) is 0 Å². The molecule has 152 valence electrons. The van der Waals surface area contributed by atoms with Gasteiger partial charge in [0.2, 0.25) is 0 Å². The number of benzene rings is 2. The van der Waals surface area contributed by atoms with Crippen molar-refractivity contribution in [1.29, 1.82) is 0 Å². The van der Waals surface area contributed by atoms with Crippen molar-refractivity contribution in [3.63, 3.8) is 0 Å². The minimum atomic E-state index is 0.203. The van der Waals surface area contributed by atoms with Crippen LogP contribution in [-0.2, 0) is 6.54 Å². The fourth-order valence-electron chi connectivity index (χ4n) is 4.90. The lowest BCUT2D eigenvalue weighted by Crippen LogP contribution is -2.57. The topological polar surface area (TPSA) is 36.0 Å². The number of rotatable bonds is 3. The molecule has 2 aromatic rings. The number of para-hydroxylation sites is 2. The Labute approximate surface area is 172 Å². The lowest BCUT2D eigenvalue weighted by atomic mass is 10.0. The Morgan fingerprint density at radius 3 is 2.62 bits per heavy atom. The van der Waals surface area contributed by atoms with E-state index in [4.69, 9.17) is 4.74 Å². The molecule has 0 saturated carbocycles. The molecular formula is C24H29N3O2. The maximum atomic E-state index is 13.1. The second-order valence-electron chi connectivity index (χ2n) is 8.37. The van der Waals surface area contributed by atoms with Crippen LogP contribution in [0.2, 0.25) is 0 Å². The van der Waals surface area contributed by atoms with Crippen molar-refractivity contribution in [2.75, 3.05) is 44.2 Å². The van der Waals surface area contributed by atoms with E-state index >= 15 is 0 Å². The highest BCUT2D eigenvalue weighted by Crippen LogP contribution is 2.35. The van der Waals surface area contributed by atoms with E-state index in [-0.39, 0.29) is 5.91 Å². The van der Waals surface area contributed by atoms with E-state index in [1.54, 1.807) is 0 Å². The summed E-state index contributed by atoms with van der Waals surface area (Å²) in [6.45, 7) is 6.28. The average molecular weight is 392 g/mol. The maximum absolute atomic E-state index is 13.1. The molecule has 3 aliphatic heterocycles. The lowest BCUT2D eigenvalue weighted by Gasteiger charge is -2.45. The summed E-state index contributed by atoms with van der Waals surface area (Å²) < 4.78 is 6.00. The zero-order chi connectivity index (χ0) is 19.6. The van der Waals surface area contributed by atoms with E-state index in [0.29, 0.717) is 6.04 Å². The number of ether oxygens (including phenoxy) is 1. The Hall–Kier alpha value is -2.53. The fraction of sp³-hybridized carbons (Fsp3) is 0.458. The molecule has 1 amide bonds. The van der Waals surface area contributed by atoms with Crippen molar-refractivity contribution in [1.82, 2.24) is 9.80 Å². The largest absolute Gasteiger partial charge is 0.489 e. The van der Waals surface area contributed by atoms with Gasteiger partial charge in [0.25, 0.3) is 5.91 Å². The molecule has 0 radical (unpaired) electrons. The van der Waals surface area contributed by atoms with Gasteiger partial charge in [-0.1, -0.05) is 30.3 Å². The summed E-state index contributed by atoms with van der Waals surface area (Å²) in [5.41, 5.74) is 3.24. The molecule has 5 rings (SSSR count). The van der Waals surface area contributed by atoms with Gasteiger partial charge in [-0.05, 0) is 43.0 Å². The van der Waals surface area contributed by atoms with Gasteiger partial charge in [0.1, 0.15) is 12.4 Å². The van der Waals surface area contributed by atoms with E-state index in [0.717, 1.165) is 75.6 Å². The van der Waals surface area contributed by atoms with Gasteiger partial charge in [0.05, 0.1) is 11.7 Å². The van der Waals surface area contributed by atoms with Crippen LogP contribution < -0.4 is 9.64 Å². The zero-order valence-corrected chi connectivity index (χ0v) is 16.9. The minimum Gasteiger partial charge on any atom is -0.489 e. The van der Waals surface area contributed by atoms with E-state index in [2.05, 4.69) is 40.1 Å². The number of carbonyl (C=O) groups excluding carboxylic acids is 1. The standard InChI is InChI=1S/C24H29N3O2/c28-24(26-12-6-1-7-13-26)21-9-3-2-8-19(21)16-25-14-15-27-20(17-25)18-29-23-11-5-4-10-22(23)27/h2-5,8-11,20H,1,6-7,12-18H2. The molecule has 0 N–H and O–H groups in total. The molecule has 0 spiro atoms. The number of piperidine rings is 1. The summed E-state index contributed by atoms with van der Waals surface area (Å²) in [7, 11) is 0. The Kier molecular flexibility index (Phi) is 5.15. The third-order valence-corrected chi connectivity index (χ3v) is 6.46. The van der Waals surface area contributed by atoms with Gasteiger partial charge in [-0.15, -0.1) is 0 Å². The first kappa shape index (κ1) is 18.5. The van der Waals surface area contributed by atoms with Crippen molar-refractivity contribution in [2.45, 2.75) is 31.8 Å². The molecule has 0 bridgehead atoms. The number of carbonyl (C=O) groups is 1. The number of hydrogen-bond donors (Lipinski definition) is 0. The van der Waals surface area contributed by atoms with Crippen molar-refractivity contribution in [3.05, 3.63) is 59.7 Å². The molecule has 3 heterocycles. The molecule has 1 unspecified atom stereocenters. The molecule has 3 aliphatic rings. The quantitative estimate of drug-likeness (QED) is 0.804. The highest BCUT2D eigenvalue weighted by atomic mass is 16.5.